The first kappa shape index (κ1) is 23.3. The highest BCUT2D eigenvalue weighted by Gasteiger charge is 2.24. The first-order valence-corrected chi connectivity index (χ1v) is 11.9. The number of sulfonamides is 1. The van der Waals surface area contributed by atoms with Gasteiger partial charge in [0.2, 0.25) is 0 Å². The molecule has 0 radical (unpaired) electrons. The highest BCUT2D eigenvalue weighted by atomic mass is 32.2. The maximum atomic E-state index is 13.1. The molecule has 1 unspecified atom stereocenters. The third-order valence-electron chi connectivity index (χ3n) is 5.47. The average molecular weight is 453 g/mol. The molecule has 3 aromatic rings. The van der Waals surface area contributed by atoms with Gasteiger partial charge >= 0.3 is 0 Å². The van der Waals surface area contributed by atoms with Gasteiger partial charge in [0.05, 0.1) is 17.7 Å². The van der Waals surface area contributed by atoms with Crippen LogP contribution in [0.4, 0.5) is 5.69 Å². The monoisotopic (exact) mass is 452 g/mol. The van der Waals surface area contributed by atoms with E-state index < -0.39 is 10.0 Å². The van der Waals surface area contributed by atoms with Gasteiger partial charge in [0.1, 0.15) is 5.75 Å². The molecule has 1 N–H and O–H groups in total. The number of amides is 1. The molecule has 6 nitrogen and oxygen atoms in total. The molecule has 0 aliphatic heterocycles. The lowest BCUT2D eigenvalue weighted by molar-refractivity contribution is 0.0951. The number of carbonyl (C=O) groups excluding carboxylic acids is 1. The van der Waals surface area contributed by atoms with E-state index in [1.807, 2.05) is 18.2 Å². The zero-order valence-corrected chi connectivity index (χ0v) is 19.3. The summed E-state index contributed by atoms with van der Waals surface area (Å²) in [6.45, 7) is 2.59. The number of benzene rings is 3. The SMILES string of the molecule is CCC(CNC(=O)c1ccc(S(=O)(=O)N(C)c2ccccc2OC)cc1)c1ccccc1. The van der Waals surface area contributed by atoms with E-state index >= 15 is 0 Å². The fraction of sp³-hybridized carbons (Fsp3) is 0.240. The topological polar surface area (TPSA) is 75.7 Å². The molecule has 3 rings (SSSR count). The van der Waals surface area contributed by atoms with E-state index in [1.54, 1.807) is 24.3 Å². The van der Waals surface area contributed by atoms with Gasteiger partial charge in [-0.05, 0) is 48.4 Å². The molecule has 0 bridgehead atoms. The van der Waals surface area contributed by atoms with Gasteiger partial charge in [0.25, 0.3) is 15.9 Å². The van der Waals surface area contributed by atoms with Gasteiger partial charge in [0.15, 0.2) is 0 Å². The van der Waals surface area contributed by atoms with Crippen molar-refractivity contribution in [2.75, 3.05) is 25.0 Å². The van der Waals surface area contributed by atoms with Crippen LogP contribution in [-0.4, -0.2) is 35.0 Å². The van der Waals surface area contributed by atoms with Crippen LogP contribution in [0, 0.1) is 0 Å². The second kappa shape index (κ2) is 10.3. The number of hydrogen-bond acceptors (Lipinski definition) is 4. The van der Waals surface area contributed by atoms with Crippen molar-refractivity contribution in [3.05, 3.63) is 90.0 Å². The van der Waals surface area contributed by atoms with Crippen molar-refractivity contribution >= 4 is 21.6 Å². The Morgan fingerprint density at radius 3 is 2.22 bits per heavy atom. The van der Waals surface area contributed by atoms with E-state index in [0.29, 0.717) is 23.5 Å². The summed E-state index contributed by atoms with van der Waals surface area (Å²) < 4.78 is 32.6. The Labute approximate surface area is 189 Å². The number of ether oxygens (including phenoxy) is 1. The maximum Gasteiger partial charge on any atom is 0.264 e. The molecule has 0 saturated carbocycles. The number of hydrogen-bond donors (Lipinski definition) is 1. The van der Waals surface area contributed by atoms with E-state index in [1.165, 1.54) is 48.3 Å². The van der Waals surface area contributed by atoms with Gasteiger partial charge in [-0.25, -0.2) is 8.42 Å². The van der Waals surface area contributed by atoms with E-state index in [0.717, 1.165) is 6.42 Å². The molecule has 7 heteroatoms. The van der Waals surface area contributed by atoms with Crippen LogP contribution in [0.15, 0.2) is 83.8 Å². The number of carbonyl (C=O) groups is 1. The smallest absolute Gasteiger partial charge is 0.264 e. The summed E-state index contributed by atoms with van der Waals surface area (Å²) in [5, 5.41) is 2.96. The van der Waals surface area contributed by atoms with Crippen molar-refractivity contribution in [1.82, 2.24) is 5.32 Å². The Bertz CT molecular complexity index is 1150. The molecule has 0 heterocycles. The molecule has 0 aliphatic carbocycles. The number of nitrogens with one attached hydrogen (secondary N) is 1. The molecule has 32 heavy (non-hydrogen) atoms. The standard InChI is InChI=1S/C25H28N2O4S/c1-4-19(20-10-6-5-7-11-20)18-26-25(28)21-14-16-22(17-15-21)32(29,30)27(2)23-12-8-9-13-24(23)31-3/h5-17,19H,4,18H2,1-3H3,(H,26,28). The van der Waals surface area contributed by atoms with E-state index in [4.69, 9.17) is 4.74 Å². The summed E-state index contributed by atoms with van der Waals surface area (Å²) in [4.78, 5) is 12.7. The largest absolute Gasteiger partial charge is 0.495 e. The first-order chi connectivity index (χ1) is 15.4. The van der Waals surface area contributed by atoms with Gasteiger partial charge in [-0.15, -0.1) is 0 Å². The lowest BCUT2D eigenvalue weighted by Crippen LogP contribution is -2.29. The summed E-state index contributed by atoms with van der Waals surface area (Å²) in [5.74, 6) is 0.439. The summed E-state index contributed by atoms with van der Waals surface area (Å²) >= 11 is 0. The molecule has 0 aromatic heterocycles. The normalized spacial score (nSPS) is 12.1. The van der Waals surface area contributed by atoms with Gasteiger partial charge in [0, 0.05) is 25.1 Å². The summed E-state index contributed by atoms with van der Waals surface area (Å²) in [6.07, 6.45) is 0.900. The summed E-state index contributed by atoms with van der Waals surface area (Å²) in [6, 6.07) is 22.9. The zero-order valence-electron chi connectivity index (χ0n) is 18.5. The van der Waals surface area contributed by atoms with Crippen LogP contribution in [0.5, 0.6) is 5.75 Å². The molecular weight excluding hydrogens is 424 g/mol. The fourth-order valence-electron chi connectivity index (χ4n) is 3.50. The minimum atomic E-state index is -3.81. The Kier molecular flexibility index (Phi) is 7.53. The number of nitrogens with zero attached hydrogens (tertiary/aromatic N) is 1. The second-order valence-electron chi connectivity index (χ2n) is 7.39. The van der Waals surface area contributed by atoms with E-state index in [9.17, 15) is 13.2 Å². The van der Waals surface area contributed by atoms with Crippen molar-refractivity contribution in [3.8, 4) is 5.75 Å². The molecule has 3 aromatic carbocycles. The molecule has 0 saturated heterocycles. The van der Waals surface area contributed by atoms with Gasteiger partial charge < -0.3 is 10.1 Å². The van der Waals surface area contributed by atoms with Gasteiger partial charge in [-0.1, -0.05) is 49.4 Å². The van der Waals surface area contributed by atoms with Crippen LogP contribution in [-0.2, 0) is 10.0 Å². The average Bonchev–Trinajstić information content (AvgIpc) is 2.84. The molecule has 1 atom stereocenters. The van der Waals surface area contributed by atoms with Crippen molar-refractivity contribution < 1.29 is 17.9 Å². The number of para-hydroxylation sites is 2. The Balaban J connectivity index is 1.71. The van der Waals surface area contributed by atoms with Crippen LogP contribution >= 0.6 is 0 Å². The van der Waals surface area contributed by atoms with Crippen LogP contribution in [0.25, 0.3) is 0 Å². The summed E-state index contributed by atoms with van der Waals surface area (Å²) in [7, 11) is -0.843. The minimum Gasteiger partial charge on any atom is -0.495 e. The molecular formula is C25H28N2O4S. The Morgan fingerprint density at radius 2 is 1.59 bits per heavy atom. The lowest BCUT2D eigenvalue weighted by Gasteiger charge is -2.21. The van der Waals surface area contributed by atoms with Crippen molar-refractivity contribution in [3.63, 3.8) is 0 Å². The van der Waals surface area contributed by atoms with E-state index in [2.05, 4.69) is 24.4 Å². The highest BCUT2D eigenvalue weighted by molar-refractivity contribution is 7.92. The predicted octanol–water partition coefficient (Wildman–Crippen LogP) is 4.44. The second-order valence-corrected chi connectivity index (χ2v) is 9.36. The van der Waals surface area contributed by atoms with Crippen LogP contribution in [0.3, 0.4) is 0 Å². The zero-order chi connectivity index (χ0) is 23.1. The van der Waals surface area contributed by atoms with Crippen LogP contribution in [0.2, 0.25) is 0 Å². The third-order valence-corrected chi connectivity index (χ3v) is 7.26. The molecule has 0 fully saturated rings. The number of methoxy groups -OCH3 is 1. The molecule has 168 valence electrons. The molecule has 0 aliphatic rings. The van der Waals surface area contributed by atoms with Gasteiger partial charge in [-0.2, -0.15) is 0 Å². The third kappa shape index (κ3) is 5.11. The van der Waals surface area contributed by atoms with Crippen LogP contribution in [0.1, 0.15) is 35.2 Å². The number of rotatable bonds is 9. The Hall–Kier alpha value is -3.32. The van der Waals surface area contributed by atoms with E-state index in [-0.39, 0.29) is 16.7 Å². The lowest BCUT2D eigenvalue weighted by atomic mass is 9.96. The summed E-state index contributed by atoms with van der Waals surface area (Å²) in [5.41, 5.74) is 2.02. The quantitative estimate of drug-likeness (QED) is 0.521. The minimum absolute atomic E-state index is 0.0955. The highest BCUT2D eigenvalue weighted by Crippen LogP contribution is 2.30. The van der Waals surface area contributed by atoms with Crippen molar-refractivity contribution in [2.45, 2.75) is 24.2 Å². The van der Waals surface area contributed by atoms with Crippen molar-refractivity contribution in [2.24, 2.45) is 0 Å². The Morgan fingerprint density at radius 1 is 0.969 bits per heavy atom. The molecule has 0 spiro atoms. The molecule has 1 amide bonds. The number of anilines is 1. The first-order valence-electron chi connectivity index (χ1n) is 10.4. The fourth-order valence-corrected chi connectivity index (χ4v) is 4.70. The maximum absolute atomic E-state index is 13.1. The van der Waals surface area contributed by atoms with Crippen molar-refractivity contribution in [1.29, 1.82) is 0 Å². The van der Waals surface area contributed by atoms with Crippen LogP contribution < -0.4 is 14.4 Å². The van der Waals surface area contributed by atoms with Gasteiger partial charge in [-0.3, -0.25) is 9.10 Å². The predicted molar refractivity (Wildman–Crippen MR) is 127 cm³/mol.